The van der Waals surface area contributed by atoms with Gasteiger partial charge in [-0.2, -0.15) is 0 Å². The number of nitrogen functional groups attached to an aromatic ring is 1. The van der Waals surface area contributed by atoms with Crippen molar-refractivity contribution in [3.05, 3.63) is 35.1 Å². The normalized spacial score (nSPS) is 10.5. The third-order valence-corrected chi connectivity index (χ3v) is 4.57. The Morgan fingerprint density at radius 1 is 1.55 bits per heavy atom. The van der Waals surface area contributed by atoms with E-state index >= 15 is 0 Å². The first kappa shape index (κ1) is 14.8. The Morgan fingerprint density at radius 3 is 3.00 bits per heavy atom. The van der Waals surface area contributed by atoms with Crippen LogP contribution in [0.25, 0.3) is 0 Å². The molecule has 0 spiro atoms. The van der Waals surface area contributed by atoms with Crippen molar-refractivity contribution in [2.75, 3.05) is 16.8 Å². The van der Waals surface area contributed by atoms with Crippen LogP contribution in [0, 0.1) is 12.7 Å². The van der Waals surface area contributed by atoms with E-state index in [0.717, 1.165) is 10.0 Å². The molecule has 7 heteroatoms. The molecule has 2 rings (SSSR count). The fraction of sp³-hybridized carbons (Fsp3) is 0.231. The number of thioether (sulfide) groups is 1. The molecule has 3 N–H and O–H groups in total. The first-order valence-electron chi connectivity index (χ1n) is 5.94. The van der Waals surface area contributed by atoms with Crippen LogP contribution >= 0.6 is 23.1 Å². The number of halogens is 1. The Bertz CT molecular complexity index is 615. The van der Waals surface area contributed by atoms with Crippen LogP contribution in [0.5, 0.6) is 0 Å². The SMILES string of the molecule is Cc1csc(SCCC(=O)Nc2ccc(F)c(N)c2)n1. The molecule has 1 amide bonds. The summed E-state index contributed by atoms with van der Waals surface area (Å²) in [6.45, 7) is 1.94. The van der Waals surface area contributed by atoms with Crippen molar-refractivity contribution >= 4 is 40.4 Å². The average Bonchev–Trinajstić information content (AvgIpc) is 2.80. The van der Waals surface area contributed by atoms with E-state index in [9.17, 15) is 9.18 Å². The lowest BCUT2D eigenvalue weighted by Gasteiger charge is -2.06. The quantitative estimate of drug-likeness (QED) is 0.657. The van der Waals surface area contributed by atoms with E-state index in [4.69, 9.17) is 5.73 Å². The molecule has 1 aromatic heterocycles. The molecule has 0 aliphatic rings. The molecule has 0 saturated heterocycles. The lowest BCUT2D eigenvalue weighted by molar-refractivity contribution is -0.115. The molecular weight excluding hydrogens is 297 g/mol. The van der Waals surface area contributed by atoms with Crippen LogP contribution in [0.2, 0.25) is 0 Å². The van der Waals surface area contributed by atoms with Crippen LogP contribution < -0.4 is 11.1 Å². The third-order valence-electron chi connectivity index (χ3n) is 2.43. The van der Waals surface area contributed by atoms with E-state index in [0.29, 0.717) is 17.9 Å². The van der Waals surface area contributed by atoms with Crippen LogP contribution in [0.3, 0.4) is 0 Å². The largest absolute Gasteiger partial charge is 0.396 e. The second-order valence-electron chi connectivity index (χ2n) is 4.14. The zero-order valence-electron chi connectivity index (χ0n) is 10.9. The van der Waals surface area contributed by atoms with Crippen molar-refractivity contribution in [1.29, 1.82) is 0 Å². The number of nitrogens with two attached hydrogens (primary N) is 1. The van der Waals surface area contributed by atoms with Gasteiger partial charge >= 0.3 is 0 Å². The number of nitrogens with one attached hydrogen (secondary N) is 1. The van der Waals surface area contributed by atoms with Crippen LogP contribution in [0.4, 0.5) is 15.8 Å². The number of nitrogens with zero attached hydrogens (tertiary/aromatic N) is 1. The predicted octanol–water partition coefficient (Wildman–Crippen LogP) is 3.29. The molecule has 0 unspecified atom stereocenters. The standard InChI is InChI=1S/C13H14FN3OS2/c1-8-7-20-13(16-8)19-5-4-12(18)17-9-2-3-10(14)11(15)6-9/h2-3,6-7H,4-5,15H2,1H3,(H,17,18). The Labute approximate surface area is 124 Å². The Morgan fingerprint density at radius 2 is 2.35 bits per heavy atom. The molecule has 4 nitrogen and oxygen atoms in total. The van der Waals surface area contributed by atoms with Crippen molar-refractivity contribution in [3.8, 4) is 0 Å². The Hall–Kier alpha value is -1.60. The molecule has 0 fully saturated rings. The molecule has 0 aliphatic heterocycles. The number of hydrogen-bond acceptors (Lipinski definition) is 5. The van der Waals surface area contributed by atoms with Crippen molar-refractivity contribution in [1.82, 2.24) is 4.98 Å². The van der Waals surface area contributed by atoms with Crippen molar-refractivity contribution < 1.29 is 9.18 Å². The number of aryl methyl sites for hydroxylation is 1. The molecule has 2 aromatic rings. The molecule has 0 saturated carbocycles. The second-order valence-corrected chi connectivity index (χ2v) is 6.34. The Balaban J connectivity index is 1.79. The van der Waals surface area contributed by atoms with Gasteiger partial charge in [-0.25, -0.2) is 9.37 Å². The van der Waals surface area contributed by atoms with E-state index < -0.39 is 5.82 Å². The minimum atomic E-state index is -0.488. The predicted molar refractivity (Wildman–Crippen MR) is 81.6 cm³/mol. The number of thiazole rings is 1. The third kappa shape index (κ3) is 4.21. The van der Waals surface area contributed by atoms with E-state index in [2.05, 4.69) is 10.3 Å². The zero-order valence-corrected chi connectivity index (χ0v) is 12.5. The highest BCUT2D eigenvalue weighted by atomic mass is 32.2. The smallest absolute Gasteiger partial charge is 0.225 e. The topological polar surface area (TPSA) is 68.0 Å². The number of anilines is 2. The number of benzene rings is 1. The molecule has 1 heterocycles. The van der Waals surface area contributed by atoms with Gasteiger partial charge in [0, 0.05) is 28.9 Å². The van der Waals surface area contributed by atoms with Gasteiger partial charge in [-0.3, -0.25) is 4.79 Å². The van der Waals surface area contributed by atoms with Crippen molar-refractivity contribution in [2.24, 2.45) is 0 Å². The van der Waals surface area contributed by atoms with Gasteiger partial charge in [0.05, 0.1) is 5.69 Å². The molecule has 20 heavy (non-hydrogen) atoms. The maximum absolute atomic E-state index is 13.0. The molecule has 1 aromatic carbocycles. The maximum atomic E-state index is 13.0. The number of carbonyl (C=O) groups is 1. The monoisotopic (exact) mass is 311 g/mol. The van der Waals surface area contributed by atoms with E-state index in [1.54, 1.807) is 23.1 Å². The summed E-state index contributed by atoms with van der Waals surface area (Å²) in [6.07, 6.45) is 0.362. The lowest BCUT2D eigenvalue weighted by Crippen LogP contribution is -2.12. The van der Waals surface area contributed by atoms with Crippen molar-refractivity contribution in [3.63, 3.8) is 0 Å². The molecule has 0 atom stereocenters. The van der Waals surface area contributed by atoms with Crippen LogP contribution in [0.15, 0.2) is 27.9 Å². The summed E-state index contributed by atoms with van der Waals surface area (Å²) >= 11 is 3.12. The van der Waals surface area contributed by atoms with Gasteiger partial charge < -0.3 is 11.1 Å². The first-order chi connectivity index (χ1) is 9.54. The van der Waals surface area contributed by atoms with Crippen molar-refractivity contribution in [2.45, 2.75) is 17.7 Å². The summed E-state index contributed by atoms with van der Waals surface area (Å²) in [6, 6.07) is 4.13. The average molecular weight is 311 g/mol. The van der Waals surface area contributed by atoms with Gasteiger partial charge in [0.15, 0.2) is 0 Å². The molecule has 106 valence electrons. The summed E-state index contributed by atoms with van der Waals surface area (Å²) in [5.41, 5.74) is 6.95. The van der Waals surface area contributed by atoms with Gasteiger partial charge in [0.2, 0.25) is 5.91 Å². The molecular formula is C13H14FN3OS2. The van der Waals surface area contributed by atoms with Gasteiger partial charge in [0.1, 0.15) is 10.2 Å². The van der Waals surface area contributed by atoms with Gasteiger partial charge in [0.25, 0.3) is 0 Å². The minimum Gasteiger partial charge on any atom is -0.396 e. The number of carbonyl (C=O) groups excluding carboxylic acids is 1. The fourth-order valence-corrected chi connectivity index (χ4v) is 3.33. The van der Waals surface area contributed by atoms with E-state index in [1.807, 2.05) is 12.3 Å². The molecule has 0 radical (unpaired) electrons. The highest BCUT2D eigenvalue weighted by Crippen LogP contribution is 2.23. The summed E-state index contributed by atoms with van der Waals surface area (Å²) in [5, 5.41) is 4.66. The van der Waals surface area contributed by atoms with Gasteiger partial charge in [-0.05, 0) is 25.1 Å². The van der Waals surface area contributed by atoms with E-state index in [1.165, 1.54) is 18.2 Å². The van der Waals surface area contributed by atoms with Gasteiger partial charge in [-0.1, -0.05) is 11.8 Å². The minimum absolute atomic E-state index is 0.0236. The van der Waals surface area contributed by atoms with Gasteiger partial charge in [-0.15, -0.1) is 11.3 Å². The first-order valence-corrected chi connectivity index (χ1v) is 7.81. The highest BCUT2D eigenvalue weighted by molar-refractivity contribution is 8.01. The zero-order chi connectivity index (χ0) is 14.5. The summed E-state index contributed by atoms with van der Waals surface area (Å²) in [5.74, 6) is 0.0321. The number of aromatic nitrogens is 1. The van der Waals surface area contributed by atoms with E-state index in [-0.39, 0.29) is 11.6 Å². The second kappa shape index (κ2) is 6.71. The summed E-state index contributed by atoms with van der Waals surface area (Å²) in [7, 11) is 0. The summed E-state index contributed by atoms with van der Waals surface area (Å²) < 4.78 is 13.9. The Kier molecular flexibility index (Phi) is 4.97. The lowest BCUT2D eigenvalue weighted by atomic mass is 10.2. The number of hydrogen-bond donors (Lipinski definition) is 2. The maximum Gasteiger partial charge on any atom is 0.225 e. The number of amides is 1. The summed E-state index contributed by atoms with van der Waals surface area (Å²) in [4.78, 5) is 16.0. The highest BCUT2D eigenvalue weighted by Gasteiger charge is 2.06. The number of rotatable bonds is 5. The van der Waals surface area contributed by atoms with Crippen LogP contribution in [-0.4, -0.2) is 16.6 Å². The molecule has 0 bridgehead atoms. The molecule has 0 aliphatic carbocycles. The van der Waals surface area contributed by atoms with Crippen LogP contribution in [0.1, 0.15) is 12.1 Å². The van der Waals surface area contributed by atoms with Crippen LogP contribution in [-0.2, 0) is 4.79 Å². The fourth-order valence-electron chi connectivity index (χ4n) is 1.47.